The number of benzene rings is 2. The fraction of sp³-hybridized carbons (Fsp3) is 0.0909. The monoisotopic (exact) mass is 341 g/mol. The number of rotatable bonds is 5. The summed E-state index contributed by atoms with van der Waals surface area (Å²) in [6.07, 6.45) is 10.2. The first-order valence-electron chi connectivity index (χ1n) is 8.66. The third-order valence-electron chi connectivity index (χ3n) is 4.06. The van der Waals surface area contributed by atoms with Crippen molar-refractivity contribution in [2.75, 3.05) is 5.32 Å². The quantitative estimate of drug-likeness (QED) is 0.658. The third-order valence-corrected chi connectivity index (χ3v) is 4.06. The highest BCUT2D eigenvalue weighted by atomic mass is 16.5. The molecule has 3 aromatic rings. The van der Waals surface area contributed by atoms with Crippen LogP contribution in [0.2, 0.25) is 0 Å². The van der Waals surface area contributed by atoms with Gasteiger partial charge in [0, 0.05) is 17.3 Å². The number of hydrogen-bond donors (Lipinski definition) is 1. The maximum absolute atomic E-state index is 5.83. The maximum atomic E-state index is 5.83. The minimum atomic E-state index is 0.789. The average Bonchev–Trinajstić information content (AvgIpc) is 2.70. The summed E-state index contributed by atoms with van der Waals surface area (Å²) in [5.41, 5.74) is 2.96. The summed E-state index contributed by atoms with van der Waals surface area (Å²) in [7, 11) is 0. The van der Waals surface area contributed by atoms with E-state index in [0.717, 1.165) is 47.1 Å². The smallest absolute Gasteiger partial charge is 0.134 e. The van der Waals surface area contributed by atoms with Crippen LogP contribution >= 0.6 is 0 Å². The second-order valence-corrected chi connectivity index (χ2v) is 5.99. The molecule has 0 spiro atoms. The van der Waals surface area contributed by atoms with Crippen LogP contribution in [-0.4, -0.2) is 9.97 Å². The van der Waals surface area contributed by atoms with E-state index in [9.17, 15) is 0 Å². The summed E-state index contributed by atoms with van der Waals surface area (Å²) in [5, 5.41) is 3.33. The van der Waals surface area contributed by atoms with Gasteiger partial charge in [-0.05, 0) is 55.3 Å². The van der Waals surface area contributed by atoms with Crippen molar-refractivity contribution in [1.82, 2.24) is 9.97 Å². The Hall–Kier alpha value is -3.40. The molecule has 0 fully saturated rings. The highest BCUT2D eigenvalue weighted by Crippen LogP contribution is 2.25. The van der Waals surface area contributed by atoms with E-state index in [1.165, 1.54) is 0 Å². The van der Waals surface area contributed by atoms with Gasteiger partial charge in [0.15, 0.2) is 0 Å². The Kier molecular flexibility index (Phi) is 4.74. The van der Waals surface area contributed by atoms with Crippen LogP contribution in [-0.2, 0) is 0 Å². The van der Waals surface area contributed by atoms with Crippen LogP contribution in [0.5, 0.6) is 11.5 Å². The molecule has 0 saturated carbocycles. The van der Waals surface area contributed by atoms with Crippen LogP contribution in [0.4, 0.5) is 5.82 Å². The molecule has 1 aliphatic carbocycles. The lowest BCUT2D eigenvalue weighted by Gasteiger charge is -2.10. The van der Waals surface area contributed by atoms with Crippen molar-refractivity contribution in [2.24, 2.45) is 0 Å². The number of hydrogen-bond acceptors (Lipinski definition) is 4. The summed E-state index contributed by atoms with van der Waals surface area (Å²) >= 11 is 0. The zero-order chi connectivity index (χ0) is 17.6. The van der Waals surface area contributed by atoms with Crippen molar-refractivity contribution >= 4 is 5.82 Å². The molecule has 1 N–H and O–H groups in total. The minimum Gasteiger partial charge on any atom is -0.457 e. The largest absolute Gasteiger partial charge is 0.457 e. The zero-order valence-corrected chi connectivity index (χ0v) is 14.3. The van der Waals surface area contributed by atoms with Crippen LogP contribution < -0.4 is 10.1 Å². The Bertz CT molecular complexity index is 931. The normalized spacial score (nSPS) is 13.2. The van der Waals surface area contributed by atoms with Crippen LogP contribution in [0.3, 0.4) is 0 Å². The van der Waals surface area contributed by atoms with E-state index in [1.807, 2.05) is 60.7 Å². The molecule has 26 heavy (non-hydrogen) atoms. The molecule has 1 aliphatic rings. The highest BCUT2D eigenvalue weighted by Gasteiger charge is 2.05. The predicted molar refractivity (Wildman–Crippen MR) is 104 cm³/mol. The van der Waals surface area contributed by atoms with E-state index in [1.54, 1.807) is 6.33 Å². The fourth-order valence-electron chi connectivity index (χ4n) is 2.76. The lowest BCUT2D eigenvalue weighted by atomic mass is 10.1. The molecule has 1 heterocycles. The van der Waals surface area contributed by atoms with Crippen LogP contribution in [0.1, 0.15) is 12.8 Å². The number of aromatic nitrogens is 2. The van der Waals surface area contributed by atoms with Gasteiger partial charge in [0.2, 0.25) is 0 Å². The summed E-state index contributed by atoms with van der Waals surface area (Å²) in [6.45, 7) is 0. The molecule has 0 unspecified atom stereocenters. The molecule has 1 aromatic heterocycles. The van der Waals surface area contributed by atoms with Crippen molar-refractivity contribution in [1.29, 1.82) is 0 Å². The number of ether oxygens (including phenoxy) is 1. The molecule has 0 saturated heterocycles. The Morgan fingerprint density at radius 3 is 2.42 bits per heavy atom. The fourth-order valence-corrected chi connectivity index (χ4v) is 2.76. The summed E-state index contributed by atoms with van der Waals surface area (Å²) in [6, 6.07) is 19.6. The summed E-state index contributed by atoms with van der Waals surface area (Å²) < 4.78 is 5.83. The minimum absolute atomic E-state index is 0.789. The van der Waals surface area contributed by atoms with E-state index in [-0.39, 0.29) is 0 Å². The number of para-hydroxylation sites is 1. The third kappa shape index (κ3) is 3.98. The SMILES string of the molecule is C1=CC(Nc2cc(-c3ccc(Oc4ccccc4)cc3)ncn2)=CCC1. The van der Waals surface area contributed by atoms with Crippen molar-refractivity contribution in [2.45, 2.75) is 12.8 Å². The van der Waals surface area contributed by atoms with Gasteiger partial charge in [-0.25, -0.2) is 9.97 Å². The molecular formula is C22H19N3O. The Morgan fingerprint density at radius 2 is 1.65 bits per heavy atom. The molecule has 4 heteroatoms. The van der Waals surface area contributed by atoms with E-state index in [2.05, 4.69) is 33.5 Å². The average molecular weight is 341 g/mol. The van der Waals surface area contributed by atoms with Crippen LogP contribution in [0, 0.1) is 0 Å². The second-order valence-electron chi connectivity index (χ2n) is 5.99. The number of anilines is 1. The Labute approximate surface area is 152 Å². The maximum Gasteiger partial charge on any atom is 0.134 e. The first-order chi connectivity index (χ1) is 12.9. The van der Waals surface area contributed by atoms with Crippen LogP contribution in [0.15, 0.2) is 90.9 Å². The number of nitrogens with zero attached hydrogens (tertiary/aromatic N) is 2. The standard InChI is InChI=1S/C22H19N3O/c1-3-7-18(8-4-1)25-22-15-21(23-16-24-22)17-11-13-20(14-12-17)26-19-9-5-2-6-10-19/h2-3,5-16H,1,4H2,(H,23,24,25). The first kappa shape index (κ1) is 16.1. The van der Waals surface area contributed by atoms with Gasteiger partial charge in [0.25, 0.3) is 0 Å². The number of nitrogens with one attached hydrogen (secondary N) is 1. The van der Waals surface area contributed by atoms with E-state index < -0.39 is 0 Å². The number of allylic oxidation sites excluding steroid dienone is 3. The van der Waals surface area contributed by atoms with Gasteiger partial charge in [-0.2, -0.15) is 0 Å². The van der Waals surface area contributed by atoms with Gasteiger partial charge in [0.05, 0.1) is 5.69 Å². The molecule has 0 radical (unpaired) electrons. The predicted octanol–water partition coefficient (Wildman–Crippen LogP) is 5.58. The van der Waals surface area contributed by atoms with Gasteiger partial charge >= 0.3 is 0 Å². The highest BCUT2D eigenvalue weighted by molar-refractivity contribution is 5.64. The Balaban J connectivity index is 1.49. The van der Waals surface area contributed by atoms with Crippen molar-refractivity contribution < 1.29 is 4.74 Å². The van der Waals surface area contributed by atoms with E-state index in [0.29, 0.717) is 0 Å². The molecule has 0 bridgehead atoms. The summed E-state index contributed by atoms with van der Waals surface area (Å²) in [4.78, 5) is 8.70. The van der Waals surface area contributed by atoms with Gasteiger partial charge in [-0.15, -0.1) is 0 Å². The van der Waals surface area contributed by atoms with E-state index >= 15 is 0 Å². The molecule has 0 amide bonds. The van der Waals surface area contributed by atoms with Crippen molar-refractivity contribution in [3.05, 3.63) is 90.9 Å². The molecule has 4 rings (SSSR count). The lowest BCUT2D eigenvalue weighted by molar-refractivity contribution is 0.483. The molecule has 128 valence electrons. The Morgan fingerprint density at radius 1 is 0.846 bits per heavy atom. The van der Waals surface area contributed by atoms with Crippen LogP contribution in [0.25, 0.3) is 11.3 Å². The molecule has 2 aromatic carbocycles. The van der Waals surface area contributed by atoms with Gasteiger partial charge in [-0.1, -0.05) is 30.4 Å². The van der Waals surface area contributed by atoms with E-state index in [4.69, 9.17) is 4.74 Å². The molecule has 0 atom stereocenters. The van der Waals surface area contributed by atoms with Gasteiger partial charge in [0.1, 0.15) is 23.6 Å². The zero-order valence-electron chi connectivity index (χ0n) is 14.3. The molecular weight excluding hydrogens is 322 g/mol. The van der Waals surface area contributed by atoms with Gasteiger partial charge in [-0.3, -0.25) is 0 Å². The summed E-state index contributed by atoms with van der Waals surface area (Å²) in [5.74, 6) is 2.41. The lowest BCUT2D eigenvalue weighted by Crippen LogP contribution is -2.01. The van der Waals surface area contributed by atoms with Crippen molar-refractivity contribution in [3.8, 4) is 22.8 Å². The van der Waals surface area contributed by atoms with Crippen molar-refractivity contribution in [3.63, 3.8) is 0 Å². The topological polar surface area (TPSA) is 47.0 Å². The first-order valence-corrected chi connectivity index (χ1v) is 8.66. The second kappa shape index (κ2) is 7.66. The molecule has 0 aliphatic heterocycles. The van der Waals surface area contributed by atoms with Gasteiger partial charge < -0.3 is 10.1 Å². The molecule has 4 nitrogen and oxygen atoms in total.